The second-order valence-electron chi connectivity index (χ2n) is 5.50. The Morgan fingerprint density at radius 3 is 2.71 bits per heavy atom. The van der Waals surface area contributed by atoms with Crippen molar-refractivity contribution in [3.63, 3.8) is 0 Å². The smallest absolute Gasteiger partial charge is 0.233 e. The molecule has 0 saturated heterocycles. The summed E-state index contributed by atoms with van der Waals surface area (Å²) in [6, 6.07) is 6.28. The Labute approximate surface area is 145 Å². The summed E-state index contributed by atoms with van der Waals surface area (Å²) in [6.07, 6.45) is 0.977. The van der Waals surface area contributed by atoms with E-state index in [4.69, 9.17) is 0 Å². The molecule has 0 aliphatic heterocycles. The molecule has 24 heavy (non-hydrogen) atoms. The van der Waals surface area contributed by atoms with Gasteiger partial charge >= 0.3 is 0 Å². The van der Waals surface area contributed by atoms with Crippen LogP contribution in [0.1, 0.15) is 26.3 Å². The molecule has 6 nitrogen and oxygen atoms in total. The molecule has 0 saturated carbocycles. The molecule has 3 rings (SSSR count). The molecule has 0 radical (unpaired) electrons. The zero-order valence-electron chi connectivity index (χ0n) is 14.2. The van der Waals surface area contributed by atoms with Gasteiger partial charge in [0.2, 0.25) is 11.1 Å². The largest absolute Gasteiger partial charge is 0.343 e. The van der Waals surface area contributed by atoms with Crippen molar-refractivity contribution >= 4 is 39.7 Å². The Bertz CT molecular complexity index is 872. The van der Waals surface area contributed by atoms with E-state index >= 15 is 0 Å². The predicted octanol–water partition coefficient (Wildman–Crippen LogP) is 3.03. The fourth-order valence-corrected chi connectivity index (χ4v) is 3.37. The maximum atomic E-state index is 12.1. The summed E-state index contributed by atoms with van der Waals surface area (Å²) in [5, 5.41) is 10.1. The van der Waals surface area contributed by atoms with Crippen LogP contribution in [0.4, 0.5) is 0 Å². The molecule has 126 valence electrons. The fraction of sp³-hybridized carbons (Fsp3) is 0.412. The number of nitrogens with one attached hydrogen (secondary N) is 1. The molecular formula is C17H21N5OS. The highest BCUT2D eigenvalue weighted by molar-refractivity contribution is 7.99. The summed E-state index contributed by atoms with van der Waals surface area (Å²) >= 11 is 1.32. The van der Waals surface area contributed by atoms with E-state index in [1.54, 1.807) is 4.90 Å². The number of aryl methyl sites for hydroxylation is 1. The minimum Gasteiger partial charge on any atom is -0.343 e. The van der Waals surface area contributed by atoms with Crippen molar-refractivity contribution in [2.75, 3.05) is 18.8 Å². The molecule has 2 aromatic heterocycles. The number of fused-ring (bicyclic) bond motifs is 3. The molecule has 0 atom stereocenters. The SMILES string of the molecule is CCc1ccc2[nH]c3nc(SCC(=O)N(CC)CC)nnc3c2c1. The number of carbonyl (C=O) groups excluding carboxylic acids is 1. The molecular weight excluding hydrogens is 322 g/mol. The monoisotopic (exact) mass is 343 g/mol. The second-order valence-corrected chi connectivity index (χ2v) is 6.45. The van der Waals surface area contributed by atoms with Crippen LogP contribution in [0.25, 0.3) is 22.1 Å². The van der Waals surface area contributed by atoms with Crippen LogP contribution < -0.4 is 0 Å². The van der Waals surface area contributed by atoms with Crippen LogP contribution in [0.5, 0.6) is 0 Å². The van der Waals surface area contributed by atoms with E-state index in [9.17, 15) is 4.79 Å². The predicted molar refractivity (Wildman–Crippen MR) is 97.2 cm³/mol. The van der Waals surface area contributed by atoms with Crippen LogP contribution in [-0.4, -0.2) is 49.8 Å². The summed E-state index contributed by atoms with van der Waals surface area (Å²) in [6.45, 7) is 7.52. The number of hydrogen-bond donors (Lipinski definition) is 1. The minimum absolute atomic E-state index is 0.0953. The van der Waals surface area contributed by atoms with Crippen LogP contribution in [0.2, 0.25) is 0 Å². The van der Waals surface area contributed by atoms with Gasteiger partial charge in [0.1, 0.15) is 5.52 Å². The fourth-order valence-electron chi connectivity index (χ4n) is 2.68. The highest BCUT2D eigenvalue weighted by Gasteiger charge is 2.13. The van der Waals surface area contributed by atoms with Crippen molar-refractivity contribution in [1.82, 2.24) is 25.1 Å². The number of carbonyl (C=O) groups is 1. The molecule has 7 heteroatoms. The highest BCUT2D eigenvalue weighted by atomic mass is 32.2. The van der Waals surface area contributed by atoms with Crippen LogP contribution in [-0.2, 0) is 11.2 Å². The van der Waals surface area contributed by atoms with Crippen molar-refractivity contribution in [3.8, 4) is 0 Å². The summed E-state index contributed by atoms with van der Waals surface area (Å²) < 4.78 is 0. The average Bonchev–Trinajstić information content (AvgIpc) is 2.97. The second kappa shape index (κ2) is 7.17. The average molecular weight is 343 g/mol. The lowest BCUT2D eigenvalue weighted by molar-refractivity contribution is -0.127. The molecule has 2 heterocycles. The number of H-pyrrole nitrogens is 1. The third kappa shape index (κ3) is 3.21. The van der Waals surface area contributed by atoms with E-state index in [1.165, 1.54) is 17.3 Å². The van der Waals surface area contributed by atoms with E-state index in [0.29, 0.717) is 16.6 Å². The van der Waals surface area contributed by atoms with Gasteiger partial charge in [-0.1, -0.05) is 24.8 Å². The Kier molecular flexibility index (Phi) is 4.99. The van der Waals surface area contributed by atoms with E-state index in [0.717, 1.165) is 35.9 Å². The first-order valence-corrected chi connectivity index (χ1v) is 9.20. The molecule has 0 aliphatic carbocycles. The summed E-state index contributed by atoms with van der Waals surface area (Å²) in [5.41, 5.74) is 3.75. The standard InChI is InChI=1S/C17H21N5OS/c1-4-11-7-8-13-12(9-11)15-16(18-13)19-17(21-20-15)24-10-14(23)22(5-2)6-3/h7-9H,4-6,10H2,1-3H3,(H,18,19,21). The molecule has 0 fully saturated rings. The van der Waals surface area contributed by atoms with Gasteiger partial charge in [0, 0.05) is 24.0 Å². The summed E-state index contributed by atoms with van der Waals surface area (Å²) in [4.78, 5) is 21.7. The zero-order valence-corrected chi connectivity index (χ0v) is 15.0. The number of hydrogen-bond acceptors (Lipinski definition) is 5. The third-order valence-electron chi connectivity index (χ3n) is 4.11. The van der Waals surface area contributed by atoms with Gasteiger partial charge in [-0.2, -0.15) is 0 Å². The summed E-state index contributed by atoms with van der Waals surface area (Å²) in [5.74, 6) is 0.424. The topological polar surface area (TPSA) is 74.8 Å². The van der Waals surface area contributed by atoms with Gasteiger partial charge in [-0.3, -0.25) is 4.79 Å². The van der Waals surface area contributed by atoms with Gasteiger partial charge in [0.15, 0.2) is 5.65 Å². The van der Waals surface area contributed by atoms with Gasteiger partial charge in [0.25, 0.3) is 0 Å². The Morgan fingerprint density at radius 1 is 1.21 bits per heavy atom. The maximum absolute atomic E-state index is 12.1. The lowest BCUT2D eigenvalue weighted by atomic mass is 10.1. The van der Waals surface area contributed by atoms with Crippen LogP contribution in [0.3, 0.4) is 0 Å². The number of nitrogens with zero attached hydrogens (tertiary/aromatic N) is 4. The van der Waals surface area contributed by atoms with Crippen LogP contribution in [0.15, 0.2) is 23.4 Å². The maximum Gasteiger partial charge on any atom is 0.233 e. The van der Waals surface area contributed by atoms with Crippen molar-refractivity contribution in [1.29, 1.82) is 0 Å². The summed E-state index contributed by atoms with van der Waals surface area (Å²) in [7, 11) is 0. The van der Waals surface area contributed by atoms with Gasteiger partial charge in [-0.25, -0.2) is 4.98 Å². The number of amides is 1. The Hall–Kier alpha value is -2.15. The zero-order chi connectivity index (χ0) is 17.1. The van der Waals surface area contributed by atoms with E-state index in [-0.39, 0.29) is 5.91 Å². The van der Waals surface area contributed by atoms with Crippen molar-refractivity contribution in [2.45, 2.75) is 32.3 Å². The van der Waals surface area contributed by atoms with Crippen molar-refractivity contribution in [3.05, 3.63) is 23.8 Å². The van der Waals surface area contributed by atoms with Crippen LogP contribution >= 0.6 is 11.8 Å². The number of thioether (sulfide) groups is 1. The van der Waals surface area contributed by atoms with Crippen LogP contribution in [0, 0.1) is 0 Å². The quantitative estimate of drug-likeness (QED) is 0.696. The molecule has 0 bridgehead atoms. The normalized spacial score (nSPS) is 11.3. The van der Waals surface area contributed by atoms with E-state index < -0.39 is 0 Å². The molecule has 1 amide bonds. The number of aromatic nitrogens is 4. The van der Waals surface area contributed by atoms with E-state index in [1.807, 2.05) is 19.9 Å². The van der Waals surface area contributed by atoms with E-state index in [2.05, 4.69) is 39.2 Å². The Morgan fingerprint density at radius 2 is 2.00 bits per heavy atom. The first-order valence-electron chi connectivity index (χ1n) is 8.21. The third-order valence-corrected chi connectivity index (χ3v) is 4.93. The first kappa shape index (κ1) is 16.7. The number of aromatic amines is 1. The molecule has 3 aromatic rings. The van der Waals surface area contributed by atoms with Gasteiger partial charge in [-0.05, 0) is 38.0 Å². The molecule has 1 N–H and O–H groups in total. The number of benzene rings is 1. The van der Waals surface area contributed by atoms with Crippen molar-refractivity contribution in [2.24, 2.45) is 0 Å². The lowest BCUT2D eigenvalue weighted by Gasteiger charge is -2.17. The molecule has 1 aromatic carbocycles. The lowest BCUT2D eigenvalue weighted by Crippen LogP contribution is -2.31. The molecule has 0 unspecified atom stereocenters. The first-order chi connectivity index (χ1) is 11.7. The molecule has 0 spiro atoms. The van der Waals surface area contributed by atoms with Crippen molar-refractivity contribution < 1.29 is 4.79 Å². The van der Waals surface area contributed by atoms with Gasteiger partial charge in [-0.15, -0.1) is 10.2 Å². The number of rotatable bonds is 6. The van der Waals surface area contributed by atoms with Gasteiger partial charge in [0.05, 0.1) is 5.75 Å². The minimum atomic E-state index is 0.0953. The van der Waals surface area contributed by atoms with Gasteiger partial charge < -0.3 is 9.88 Å². The Balaban J connectivity index is 1.84. The highest BCUT2D eigenvalue weighted by Crippen LogP contribution is 2.24. The molecule has 0 aliphatic rings.